The summed E-state index contributed by atoms with van der Waals surface area (Å²) >= 11 is 6.19. The monoisotopic (exact) mass is 433 g/mol. The van der Waals surface area contributed by atoms with Crippen molar-refractivity contribution < 1.29 is 0 Å². The lowest BCUT2D eigenvalue weighted by Crippen LogP contribution is -2.38. The van der Waals surface area contributed by atoms with Crippen LogP contribution in [0, 0.1) is 0 Å². The molecular weight excluding hydrogens is 413 g/mol. The Labute approximate surface area is 153 Å². The molecule has 0 bridgehead atoms. The third-order valence-electron chi connectivity index (χ3n) is 3.26. The first-order valence-corrected chi connectivity index (χ1v) is 7.11. The minimum Gasteiger partial charge on any atom is -0.349 e. The van der Waals surface area contributed by atoms with Crippen molar-refractivity contribution in [3.05, 3.63) is 53.1 Å². The van der Waals surface area contributed by atoms with Crippen molar-refractivity contribution in [3.63, 3.8) is 0 Å². The first kappa shape index (κ1) is 18.8. The van der Waals surface area contributed by atoms with Crippen molar-refractivity contribution >= 4 is 41.5 Å². The van der Waals surface area contributed by atoms with E-state index in [1.807, 2.05) is 54.0 Å². The molecular formula is C15H21ClIN5. The largest absolute Gasteiger partial charge is 0.349 e. The second kappa shape index (κ2) is 8.99. The summed E-state index contributed by atoms with van der Waals surface area (Å²) in [4.78, 5) is 10.6. The van der Waals surface area contributed by atoms with Gasteiger partial charge in [0.05, 0.1) is 6.54 Å². The van der Waals surface area contributed by atoms with Crippen LogP contribution in [-0.2, 0) is 20.1 Å². The molecule has 5 nitrogen and oxygen atoms in total. The second-order valence-corrected chi connectivity index (χ2v) is 5.21. The first-order chi connectivity index (χ1) is 10.1. The number of aliphatic imine (C=N–C) groups is 1. The van der Waals surface area contributed by atoms with Gasteiger partial charge in [-0.3, -0.25) is 4.99 Å². The number of rotatable bonds is 4. The zero-order chi connectivity index (χ0) is 15.2. The molecule has 120 valence electrons. The fraction of sp³-hybridized carbons (Fsp3) is 0.333. The molecule has 1 N–H and O–H groups in total. The Balaban J connectivity index is 0.00000242. The van der Waals surface area contributed by atoms with Crippen LogP contribution in [0.5, 0.6) is 0 Å². The number of nitrogens with zero attached hydrogens (tertiary/aromatic N) is 4. The van der Waals surface area contributed by atoms with E-state index >= 15 is 0 Å². The Kier molecular flexibility index (Phi) is 7.67. The minimum absolute atomic E-state index is 0. The summed E-state index contributed by atoms with van der Waals surface area (Å²) in [6, 6.07) is 7.83. The highest BCUT2D eigenvalue weighted by Crippen LogP contribution is 2.16. The molecule has 0 radical (unpaired) electrons. The lowest BCUT2D eigenvalue weighted by molar-refractivity contribution is 0.474. The molecule has 0 fully saturated rings. The molecule has 1 heterocycles. The highest BCUT2D eigenvalue weighted by molar-refractivity contribution is 14.0. The van der Waals surface area contributed by atoms with Gasteiger partial charge in [-0.25, -0.2) is 4.98 Å². The number of aromatic nitrogens is 2. The summed E-state index contributed by atoms with van der Waals surface area (Å²) in [5, 5.41) is 4.07. The van der Waals surface area contributed by atoms with Crippen LogP contribution in [0.1, 0.15) is 11.4 Å². The molecule has 7 heteroatoms. The fourth-order valence-corrected chi connectivity index (χ4v) is 2.26. The number of guanidine groups is 1. The number of benzene rings is 1. The number of aryl methyl sites for hydroxylation is 1. The van der Waals surface area contributed by atoms with Gasteiger partial charge in [-0.2, -0.15) is 0 Å². The van der Waals surface area contributed by atoms with Crippen LogP contribution in [0.3, 0.4) is 0 Å². The first-order valence-electron chi connectivity index (χ1n) is 6.73. The predicted molar refractivity (Wildman–Crippen MR) is 102 cm³/mol. The van der Waals surface area contributed by atoms with Crippen molar-refractivity contribution in [2.75, 3.05) is 14.1 Å². The summed E-state index contributed by atoms with van der Waals surface area (Å²) in [5.74, 6) is 1.76. The van der Waals surface area contributed by atoms with E-state index in [1.165, 1.54) is 0 Å². The average molecular weight is 434 g/mol. The summed E-state index contributed by atoms with van der Waals surface area (Å²) in [7, 11) is 5.72. The van der Waals surface area contributed by atoms with Gasteiger partial charge in [0.2, 0.25) is 0 Å². The molecule has 1 aromatic carbocycles. The van der Waals surface area contributed by atoms with E-state index in [2.05, 4.69) is 15.3 Å². The highest BCUT2D eigenvalue weighted by atomic mass is 127. The zero-order valence-electron chi connectivity index (χ0n) is 13.0. The lowest BCUT2D eigenvalue weighted by Gasteiger charge is -2.22. The third-order valence-corrected chi connectivity index (χ3v) is 3.63. The van der Waals surface area contributed by atoms with Gasteiger partial charge < -0.3 is 14.8 Å². The van der Waals surface area contributed by atoms with Gasteiger partial charge in [0.1, 0.15) is 5.82 Å². The van der Waals surface area contributed by atoms with Gasteiger partial charge in [0, 0.05) is 45.1 Å². The standard InChI is InChI=1S/C15H20ClN5.HI/c1-17-15(19-10-14-18-8-9-20(14)2)21(3)11-12-6-4-5-7-13(12)16;/h4-9H,10-11H2,1-3H3,(H,17,19);1H. The van der Waals surface area contributed by atoms with E-state index in [0.717, 1.165) is 22.4 Å². The Bertz CT molecular complexity index is 626. The predicted octanol–water partition coefficient (Wildman–Crippen LogP) is 2.90. The fourth-order valence-electron chi connectivity index (χ4n) is 2.07. The van der Waals surface area contributed by atoms with Crippen LogP contribution >= 0.6 is 35.6 Å². The molecule has 1 aromatic heterocycles. The quantitative estimate of drug-likeness (QED) is 0.458. The SMILES string of the molecule is CN=C(NCc1nccn1C)N(C)Cc1ccccc1Cl.I. The molecule has 0 aliphatic heterocycles. The van der Waals surface area contributed by atoms with Gasteiger partial charge in [-0.15, -0.1) is 24.0 Å². The number of imidazole rings is 1. The van der Waals surface area contributed by atoms with Crippen LogP contribution in [0.4, 0.5) is 0 Å². The molecule has 0 aliphatic rings. The van der Waals surface area contributed by atoms with Gasteiger partial charge in [-0.05, 0) is 11.6 Å². The van der Waals surface area contributed by atoms with E-state index in [0.29, 0.717) is 13.1 Å². The second-order valence-electron chi connectivity index (χ2n) is 4.80. The Morgan fingerprint density at radius 1 is 1.41 bits per heavy atom. The molecule has 0 unspecified atom stereocenters. The highest BCUT2D eigenvalue weighted by Gasteiger charge is 2.09. The molecule has 0 saturated heterocycles. The number of hydrogen-bond donors (Lipinski definition) is 1. The Morgan fingerprint density at radius 3 is 2.73 bits per heavy atom. The summed E-state index contributed by atoms with van der Waals surface area (Å²) in [6.07, 6.45) is 3.71. The molecule has 0 spiro atoms. The smallest absolute Gasteiger partial charge is 0.194 e. The van der Waals surface area contributed by atoms with Gasteiger partial charge >= 0.3 is 0 Å². The van der Waals surface area contributed by atoms with Crippen molar-refractivity contribution in [3.8, 4) is 0 Å². The van der Waals surface area contributed by atoms with Crippen molar-refractivity contribution in [1.29, 1.82) is 0 Å². The van der Waals surface area contributed by atoms with Crippen molar-refractivity contribution in [1.82, 2.24) is 19.8 Å². The van der Waals surface area contributed by atoms with E-state index in [1.54, 1.807) is 13.2 Å². The van der Waals surface area contributed by atoms with E-state index in [4.69, 9.17) is 11.6 Å². The summed E-state index contributed by atoms with van der Waals surface area (Å²) < 4.78 is 1.98. The van der Waals surface area contributed by atoms with E-state index in [-0.39, 0.29) is 24.0 Å². The molecule has 0 aliphatic carbocycles. The number of nitrogens with one attached hydrogen (secondary N) is 1. The maximum Gasteiger partial charge on any atom is 0.194 e. The van der Waals surface area contributed by atoms with Gasteiger partial charge in [0.15, 0.2) is 5.96 Å². The summed E-state index contributed by atoms with van der Waals surface area (Å²) in [6.45, 7) is 1.32. The zero-order valence-corrected chi connectivity index (χ0v) is 16.0. The molecule has 22 heavy (non-hydrogen) atoms. The van der Waals surface area contributed by atoms with E-state index in [9.17, 15) is 0 Å². The topological polar surface area (TPSA) is 45.5 Å². The molecule has 0 saturated carbocycles. The summed E-state index contributed by atoms with van der Waals surface area (Å²) in [5.41, 5.74) is 1.07. The van der Waals surface area contributed by atoms with Crippen molar-refractivity contribution in [2.24, 2.45) is 12.0 Å². The third kappa shape index (κ3) is 4.88. The van der Waals surface area contributed by atoms with Gasteiger partial charge in [-0.1, -0.05) is 29.8 Å². The van der Waals surface area contributed by atoms with Crippen LogP contribution < -0.4 is 5.32 Å². The lowest BCUT2D eigenvalue weighted by atomic mass is 10.2. The van der Waals surface area contributed by atoms with Crippen LogP contribution in [-0.4, -0.2) is 34.5 Å². The molecule has 0 atom stereocenters. The molecule has 2 rings (SSSR count). The Hall–Kier alpha value is -1.28. The maximum atomic E-state index is 6.19. The molecule has 0 amide bonds. The van der Waals surface area contributed by atoms with Crippen LogP contribution in [0.2, 0.25) is 5.02 Å². The maximum absolute atomic E-state index is 6.19. The normalized spacial score (nSPS) is 11.0. The number of halogens is 2. The van der Waals surface area contributed by atoms with Crippen molar-refractivity contribution in [2.45, 2.75) is 13.1 Å². The molecule has 2 aromatic rings. The number of hydrogen-bond acceptors (Lipinski definition) is 2. The minimum atomic E-state index is 0. The van der Waals surface area contributed by atoms with E-state index < -0.39 is 0 Å². The van der Waals surface area contributed by atoms with Crippen LogP contribution in [0.25, 0.3) is 0 Å². The van der Waals surface area contributed by atoms with Gasteiger partial charge in [0.25, 0.3) is 0 Å². The van der Waals surface area contributed by atoms with Crippen LogP contribution in [0.15, 0.2) is 41.7 Å². The Morgan fingerprint density at radius 2 is 2.14 bits per heavy atom. The average Bonchev–Trinajstić information content (AvgIpc) is 2.88.